The molecule has 2 nitrogen and oxygen atoms in total. The fraction of sp³-hybridized carbons (Fsp3) is 0.333. The van der Waals surface area contributed by atoms with Gasteiger partial charge < -0.3 is 10.0 Å². The summed E-state index contributed by atoms with van der Waals surface area (Å²) >= 11 is 0. The zero-order valence-corrected chi connectivity index (χ0v) is 9.07. The summed E-state index contributed by atoms with van der Waals surface area (Å²) in [5.74, 6) is -0.322. The molecule has 3 heteroatoms. The average Bonchev–Trinajstić information content (AvgIpc) is 2.17. The molecule has 1 N–H and O–H groups in total. The number of halogens is 1. The van der Waals surface area contributed by atoms with Crippen molar-refractivity contribution in [2.45, 2.75) is 13.0 Å². The molecular formula is C12H16FNO. The van der Waals surface area contributed by atoms with Crippen LogP contribution >= 0.6 is 0 Å². The Bertz CT molecular complexity index is 349. The number of hydrogen-bond donors (Lipinski definition) is 1. The van der Waals surface area contributed by atoms with Gasteiger partial charge in [0.1, 0.15) is 5.82 Å². The molecule has 0 bridgehead atoms. The molecule has 0 aliphatic heterocycles. The summed E-state index contributed by atoms with van der Waals surface area (Å²) in [6.07, 6.45) is 1.07. The number of likely N-dealkylation sites (N-methyl/N-ethyl adjacent to an activating group) is 1. The van der Waals surface area contributed by atoms with E-state index in [-0.39, 0.29) is 5.82 Å². The Kier molecular flexibility index (Phi) is 3.86. The number of rotatable bonds is 4. The van der Waals surface area contributed by atoms with Crippen LogP contribution in [0.4, 0.5) is 10.1 Å². The van der Waals surface area contributed by atoms with Crippen molar-refractivity contribution in [3.8, 4) is 0 Å². The average molecular weight is 209 g/mol. The molecule has 0 aliphatic rings. The molecule has 0 amide bonds. The van der Waals surface area contributed by atoms with Crippen LogP contribution in [0.1, 0.15) is 18.6 Å². The third kappa shape index (κ3) is 2.80. The minimum Gasteiger partial charge on any atom is -0.389 e. The summed E-state index contributed by atoms with van der Waals surface area (Å²) in [4.78, 5) is 1.76. The van der Waals surface area contributed by atoms with Gasteiger partial charge in [0.15, 0.2) is 0 Å². The topological polar surface area (TPSA) is 23.5 Å². The Labute approximate surface area is 89.7 Å². The zero-order chi connectivity index (χ0) is 11.4. The number of hydrogen-bond acceptors (Lipinski definition) is 2. The molecule has 0 aromatic heterocycles. The Morgan fingerprint density at radius 1 is 1.60 bits per heavy atom. The SMILES string of the molecule is C=CCN(C)c1ccc(C(C)O)cc1F. The lowest BCUT2D eigenvalue weighted by Crippen LogP contribution is -2.18. The summed E-state index contributed by atoms with van der Waals surface area (Å²) in [6.45, 7) is 5.80. The van der Waals surface area contributed by atoms with Crippen LogP contribution in [0.15, 0.2) is 30.9 Å². The second-order valence-corrected chi connectivity index (χ2v) is 3.56. The van der Waals surface area contributed by atoms with Gasteiger partial charge in [0, 0.05) is 13.6 Å². The molecule has 82 valence electrons. The van der Waals surface area contributed by atoms with Crippen LogP contribution < -0.4 is 4.90 Å². The van der Waals surface area contributed by atoms with E-state index >= 15 is 0 Å². The van der Waals surface area contributed by atoms with E-state index < -0.39 is 6.10 Å². The monoisotopic (exact) mass is 209 g/mol. The maximum Gasteiger partial charge on any atom is 0.146 e. The van der Waals surface area contributed by atoms with Crippen molar-refractivity contribution in [3.05, 3.63) is 42.2 Å². The normalized spacial score (nSPS) is 12.3. The maximum atomic E-state index is 13.6. The minimum atomic E-state index is -0.640. The van der Waals surface area contributed by atoms with Gasteiger partial charge in [0.2, 0.25) is 0 Å². The van der Waals surface area contributed by atoms with Gasteiger partial charge >= 0.3 is 0 Å². The molecule has 0 radical (unpaired) electrons. The summed E-state index contributed by atoms with van der Waals surface area (Å²) in [6, 6.07) is 4.75. The van der Waals surface area contributed by atoms with Crippen molar-refractivity contribution in [1.29, 1.82) is 0 Å². The van der Waals surface area contributed by atoms with Gasteiger partial charge in [-0.15, -0.1) is 6.58 Å². The van der Waals surface area contributed by atoms with E-state index in [0.29, 0.717) is 17.8 Å². The van der Waals surface area contributed by atoms with E-state index in [9.17, 15) is 9.50 Å². The lowest BCUT2D eigenvalue weighted by atomic mass is 10.1. The molecule has 1 aromatic carbocycles. The van der Waals surface area contributed by atoms with Crippen LogP contribution in [0.25, 0.3) is 0 Å². The van der Waals surface area contributed by atoms with Gasteiger partial charge in [-0.1, -0.05) is 12.1 Å². The molecule has 0 saturated heterocycles. The van der Waals surface area contributed by atoms with Gasteiger partial charge in [0.05, 0.1) is 11.8 Å². The quantitative estimate of drug-likeness (QED) is 0.770. The lowest BCUT2D eigenvalue weighted by molar-refractivity contribution is 0.199. The molecule has 15 heavy (non-hydrogen) atoms. The minimum absolute atomic E-state index is 0.322. The smallest absolute Gasteiger partial charge is 0.146 e. The van der Waals surface area contributed by atoms with Gasteiger partial charge in [-0.25, -0.2) is 4.39 Å². The van der Waals surface area contributed by atoms with E-state index in [0.717, 1.165) is 0 Å². The number of aliphatic hydroxyl groups is 1. The van der Waals surface area contributed by atoms with Crippen LogP contribution in [0.5, 0.6) is 0 Å². The van der Waals surface area contributed by atoms with E-state index in [1.54, 1.807) is 37.1 Å². The highest BCUT2D eigenvalue weighted by atomic mass is 19.1. The van der Waals surface area contributed by atoms with Crippen LogP contribution in [-0.2, 0) is 0 Å². The molecule has 0 aliphatic carbocycles. The van der Waals surface area contributed by atoms with Crippen molar-refractivity contribution in [2.75, 3.05) is 18.5 Å². The molecule has 0 heterocycles. The standard InChI is InChI=1S/C12H16FNO/c1-4-7-14(3)12-6-5-10(9(2)15)8-11(12)13/h4-6,8-9,15H,1,7H2,2-3H3. The molecule has 0 spiro atoms. The Morgan fingerprint density at radius 2 is 2.27 bits per heavy atom. The van der Waals surface area contributed by atoms with E-state index in [4.69, 9.17) is 0 Å². The van der Waals surface area contributed by atoms with E-state index in [1.165, 1.54) is 6.07 Å². The summed E-state index contributed by atoms with van der Waals surface area (Å²) < 4.78 is 13.6. The first-order chi connectivity index (χ1) is 7.06. The number of nitrogens with zero attached hydrogens (tertiary/aromatic N) is 1. The van der Waals surface area contributed by atoms with Crippen molar-refractivity contribution >= 4 is 5.69 Å². The van der Waals surface area contributed by atoms with Gasteiger partial charge in [-0.05, 0) is 24.6 Å². The fourth-order valence-corrected chi connectivity index (χ4v) is 1.38. The summed E-state index contributed by atoms with van der Waals surface area (Å²) in [7, 11) is 1.79. The van der Waals surface area contributed by atoms with Gasteiger partial charge in [0.25, 0.3) is 0 Å². The van der Waals surface area contributed by atoms with Crippen molar-refractivity contribution < 1.29 is 9.50 Å². The number of anilines is 1. The third-order valence-corrected chi connectivity index (χ3v) is 2.27. The van der Waals surface area contributed by atoms with Crippen molar-refractivity contribution in [1.82, 2.24) is 0 Å². The van der Waals surface area contributed by atoms with Crippen molar-refractivity contribution in [3.63, 3.8) is 0 Å². The molecule has 1 atom stereocenters. The molecule has 0 fully saturated rings. The fourth-order valence-electron chi connectivity index (χ4n) is 1.38. The van der Waals surface area contributed by atoms with Gasteiger partial charge in [-0.3, -0.25) is 0 Å². The third-order valence-electron chi connectivity index (χ3n) is 2.27. The number of aliphatic hydroxyl groups excluding tert-OH is 1. The highest BCUT2D eigenvalue weighted by Crippen LogP contribution is 2.22. The molecule has 1 unspecified atom stereocenters. The Balaban J connectivity index is 2.97. The lowest BCUT2D eigenvalue weighted by Gasteiger charge is -2.18. The van der Waals surface area contributed by atoms with E-state index in [2.05, 4.69) is 6.58 Å². The number of benzene rings is 1. The van der Waals surface area contributed by atoms with Gasteiger partial charge in [-0.2, -0.15) is 0 Å². The second kappa shape index (κ2) is 4.94. The molecular weight excluding hydrogens is 193 g/mol. The second-order valence-electron chi connectivity index (χ2n) is 3.56. The highest BCUT2D eigenvalue weighted by molar-refractivity contribution is 5.49. The summed E-state index contributed by atoms with van der Waals surface area (Å²) in [5.41, 5.74) is 1.10. The Hall–Kier alpha value is -1.35. The first-order valence-electron chi connectivity index (χ1n) is 4.85. The predicted octanol–water partition coefficient (Wildman–Crippen LogP) is 2.50. The van der Waals surface area contributed by atoms with Crippen LogP contribution in [-0.4, -0.2) is 18.7 Å². The zero-order valence-electron chi connectivity index (χ0n) is 9.07. The van der Waals surface area contributed by atoms with Crippen LogP contribution in [0, 0.1) is 5.82 Å². The maximum absolute atomic E-state index is 13.6. The van der Waals surface area contributed by atoms with E-state index in [1.807, 2.05) is 0 Å². The van der Waals surface area contributed by atoms with Crippen molar-refractivity contribution in [2.24, 2.45) is 0 Å². The largest absolute Gasteiger partial charge is 0.389 e. The first kappa shape index (κ1) is 11.7. The predicted molar refractivity (Wildman–Crippen MR) is 60.5 cm³/mol. The molecule has 1 aromatic rings. The van der Waals surface area contributed by atoms with Crippen LogP contribution in [0.2, 0.25) is 0 Å². The molecule has 1 rings (SSSR count). The van der Waals surface area contributed by atoms with Crippen LogP contribution in [0.3, 0.4) is 0 Å². The molecule has 0 saturated carbocycles. The Morgan fingerprint density at radius 3 is 2.73 bits per heavy atom. The summed E-state index contributed by atoms with van der Waals surface area (Å²) in [5, 5.41) is 9.28. The first-order valence-corrected chi connectivity index (χ1v) is 4.85. The highest BCUT2D eigenvalue weighted by Gasteiger charge is 2.09.